The first-order chi connectivity index (χ1) is 8.22. The molecule has 1 nitrogen and oxygen atoms in total. The molecule has 0 bridgehead atoms. The molecular weight excluding hydrogens is 208 g/mol. The summed E-state index contributed by atoms with van der Waals surface area (Å²) in [4.78, 5) is 0. The first-order valence-electron chi connectivity index (χ1n) is 6.95. The van der Waals surface area contributed by atoms with Gasteiger partial charge in [0.2, 0.25) is 0 Å². The Morgan fingerprint density at radius 1 is 1.18 bits per heavy atom. The number of ether oxygens (including phenoxy) is 1. The normalized spacial score (nSPS) is 24.6. The van der Waals surface area contributed by atoms with E-state index < -0.39 is 0 Å². The van der Waals surface area contributed by atoms with Crippen molar-refractivity contribution in [2.75, 3.05) is 0 Å². The second kappa shape index (κ2) is 5.57. The topological polar surface area (TPSA) is 9.23 Å². The van der Waals surface area contributed by atoms with Crippen LogP contribution in [0.1, 0.15) is 50.2 Å². The van der Waals surface area contributed by atoms with E-state index in [1.807, 2.05) is 0 Å². The van der Waals surface area contributed by atoms with Gasteiger partial charge < -0.3 is 4.74 Å². The zero-order chi connectivity index (χ0) is 12.3. The van der Waals surface area contributed by atoms with Gasteiger partial charge in [0.05, 0.1) is 0 Å². The molecule has 94 valence electrons. The maximum atomic E-state index is 6.27. The molecule has 0 radical (unpaired) electrons. The fourth-order valence-corrected chi connectivity index (χ4v) is 2.81. The summed E-state index contributed by atoms with van der Waals surface area (Å²) in [6.45, 7) is 6.60. The molecule has 0 saturated heterocycles. The smallest absolute Gasteiger partial charge is 0.122 e. The lowest BCUT2D eigenvalue weighted by molar-refractivity contribution is 0.0896. The lowest BCUT2D eigenvalue weighted by Crippen LogP contribution is -2.30. The van der Waals surface area contributed by atoms with Crippen LogP contribution >= 0.6 is 0 Å². The van der Waals surface area contributed by atoms with Gasteiger partial charge in [0.25, 0.3) is 0 Å². The lowest BCUT2D eigenvalue weighted by atomic mass is 9.84. The van der Waals surface area contributed by atoms with Crippen LogP contribution in [0.25, 0.3) is 0 Å². The molecule has 1 aromatic carbocycles. The van der Waals surface area contributed by atoms with Crippen LogP contribution in [0.5, 0.6) is 5.75 Å². The van der Waals surface area contributed by atoms with E-state index in [1.54, 1.807) is 0 Å². The predicted octanol–water partition coefficient (Wildman–Crippen LogP) is 4.65. The van der Waals surface area contributed by atoms with Gasteiger partial charge in [-0.1, -0.05) is 25.5 Å². The van der Waals surface area contributed by atoms with Gasteiger partial charge in [0, 0.05) is 0 Å². The first kappa shape index (κ1) is 12.5. The summed E-state index contributed by atoms with van der Waals surface area (Å²) in [6, 6.07) is 6.37. The van der Waals surface area contributed by atoms with E-state index in [-0.39, 0.29) is 0 Å². The molecule has 0 aromatic heterocycles. The third-order valence-corrected chi connectivity index (χ3v) is 4.20. The summed E-state index contributed by atoms with van der Waals surface area (Å²) in [5, 5.41) is 0. The molecule has 17 heavy (non-hydrogen) atoms. The standard InChI is InChI=1S/C16H24O/c1-4-14-9-5-6-10-16(14)17-15-11-7-8-12(2)13(15)3/h7-8,11,14,16H,4-6,9-10H2,1-3H3. The second-order valence-electron chi connectivity index (χ2n) is 5.31. The quantitative estimate of drug-likeness (QED) is 0.737. The van der Waals surface area contributed by atoms with Crippen LogP contribution in [-0.2, 0) is 0 Å². The fourth-order valence-electron chi connectivity index (χ4n) is 2.81. The van der Waals surface area contributed by atoms with Crippen LogP contribution in [-0.4, -0.2) is 6.10 Å². The average molecular weight is 232 g/mol. The van der Waals surface area contributed by atoms with Gasteiger partial charge in [-0.05, 0) is 62.6 Å². The molecule has 0 amide bonds. The van der Waals surface area contributed by atoms with Crippen LogP contribution in [0.4, 0.5) is 0 Å². The maximum Gasteiger partial charge on any atom is 0.122 e. The molecule has 0 heterocycles. The molecule has 0 N–H and O–H groups in total. The summed E-state index contributed by atoms with van der Waals surface area (Å²) >= 11 is 0. The van der Waals surface area contributed by atoms with Crippen LogP contribution in [0.15, 0.2) is 18.2 Å². The van der Waals surface area contributed by atoms with Crippen molar-refractivity contribution in [2.45, 2.75) is 59.0 Å². The molecule has 0 aliphatic heterocycles. The molecule has 1 saturated carbocycles. The van der Waals surface area contributed by atoms with Gasteiger partial charge in [-0.25, -0.2) is 0 Å². The highest BCUT2D eigenvalue weighted by Gasteiger charge is 2.25. The summed E-state index contributed by atoms with van der Waals surface area (Å²) in [5.41, 5.74) is 2.62. The molecule has 2 unspecified atom stereocenters. The minimum atomic E-state index is 0.439. The number of hydrogen-bond donors (Lipinski definition) is 0. The largest absolute Gasteiger partial charge is 0.490 e. The zero-order valence-electron chi connectivity index (χ0n) is 11.3. The number of benzene rings is 1. The highest BCUT2D eigenvalue weighted by atomic mass is 16.5. The van der Waals surface area contributed by atoms with Gasteiger partial charge in [-0.15, -0.1) is 0 Å². The Hall–Kier alpha value is -0.980. The van der Waals surface area contributed by atoms with E-state index in [9.17, 15) is 0 Å². The maximum absolute atomic E-state index is 6.27. The molecule has 1 aliphatic rings. The molecule has 2 atom stereocenters. The third-order valence-electron chi connectivity index (χ3n) is 4.20. The summed E-state index contributed by atoms with van der Waals surface area (Å²) < 4.78 is 6.27. The minimum Gasteiger partial charge on any atom is -0.490 e. The van der Waals surface area contributed by atoms with Crippen molar-refractivity contribution in [3.63, 3.8) is 0 Å². The van der Waals surface area contributed by atoms with E-state index in [1.165, 1.54) is 43.2 Å². The molecule has 1 heteroatoms. The molecule has 0 spiro atoms. The molecule has 1 aliphatic carbocycles. The van der Waals surface area contributed by atoms with Gasteiger partial charge in [0.15, 0.2) is 0 Å². The number of rotatable bonds is 3. The highest BCUT2D eigenvalue weighted by molar-refractivity contribution is 5.38. The van der Waals surface area contributed by atoms with E-state index in [0.717, 1.165) is 11.7 Å². The van der Waals surface area contributed by atoms with Gasteiger partial charge in [-0.3, -0.25) is 0 Å². The summed E-state index contributed by atoms with van der Waals surface area (Å²) in [6.07, 6.45) is 6.96. The molecule has 2 rings (SSSR count). The number of hydrogen-bond acceptors (Lipinski definition) is 1. The van der Waals surface area contributed by atoms with Crippen LogP contribution in [0.3, 0.4) is 0 Å². The van der Waals surface area contributed by atoms with Crippen molar-refractivity contribution in [2.24, 2.45) is 5.92 Å². The Balaban J connectivity index is 2.11. The van der Waals surface area contributed by atoms with Gasteiger partial charge in [-0.2, -0.15) is 0 Å². The van der Waals surface area contributed by atoms with Crippen LogP contribution in [0.2, 0.25) is 0 Å². The second-order valence-corrected chi connectivity index (χ2v) is 5.31. The lowest BCUT2D eigenvalue weighted by Gasteiger charge is -2.31. The predicted molar refractivity (Wildman–Crippen MR) is 72.6 cm³/mol. The Labute approximate surface area is 105 Å². The number of aryl methyl sites for hydroxylation is 1. The van der Waals surface area contributed by atoms with Crippen LogP contribution < -0.4 is 4.74 Å². The summed E-state index contributed by atoms with van der Waals surface area (Å²) in [7, 11) is 0. The van der Waals surface area contributed by atoms with Crippen molar-refractivity contribution in [1.29, 1.82) is 0 Å². The van der Waals surface area contributed by atoms with Crippen LogP contribution in [0, 0.1) is 19.8 Å². The Morgan fingerprint density at radius 3 is 2.71 bits per heavy atom. The Kier molecular flexibility index (Phi) is 4.09. The van der Waals surface area contributed by atoms with E-state index in [0.29, 0.717) is 6.10 Å². The molecular formula is C16H24O. The zero-order valence-corrected chi connectivity index (χ0v) is 11.3. The Bertz CT molecular complexity index is 370. The van der Waals surface area contributed by atoms with Crippen molar-refractivity contribution < 1.29 is 4.74 Å². The monoisotopic (exact) mass is 232 g/mol. The van der Waals surface area contributed by atoms with Crippen molar-refractivity contribution in [3.05, 3.63) is 29.3 Å². The van der Waals surface area contributed by atoms with E-state index in [4.69, 9.17) is 4.74 Å². The highest BCUT2D eigenvalue weighted by Crippen LogP contribution is 2.32. The molecule has 1 fully saturated rings. The SMILES string of the molecule is CCC1CCCCC1Oc1cccc(C)c1C. The van der Waals surface area contributed by atoms with E-state index >= 15 is 0 Å². The van der Waals surface area contributed by atoms with Crippen molar-refractivity contribution in [1.82, 2.24) is 0 Å². The molecule has 1 aromatic rings. The first-order valence-corrected chi connectivity index (χ1v) is 6.95. The average Bonchev–Trinajstić information content (AvgIpc) is 2.35. The summed E-state index contributed by atoms with van der Waals surface area (Å²) in [5.74, 6) is 1.85. The van der Waals surface area contributed by atoms with Gasteiger partial charge in [0.1, 0.15) is 11.9 Å². The minimum absolute atomic E-state index is 0.439. The van der Waals surface area contributed by atoms with E-state index in [2.05, 4.69) is 39.0 Å². The van der Waals surface area contributed by atoms with Crippen molar-refractivity contribution in [3.8, 4) is 5.75 Å². The Morgan fingerprint density at radius 2 is 1.94 bits per heavy atom. The third kappa shape index (κ3) is 2.83. The van der Waals surface area contributed by atoms with Crippen molar-refractivity contribution >= 4 is 0 Å². The van der Waals surface area contributed by atoms with Gasteiger partial charge >= 0.3 is 0 Å². The fraction of sp³-hybridized carbons (Fsp3) is 0.625.